The highest BCUT2D eigenvalue weighted by atomic mass is 16.3. The number of nitrogen functional groups attached to an aromatic ring is 1. The van der Waals surface area contributed by atoms with Crippen molar-refractivity contribution in [3.63, 3.8) is 0 Å². The van der Waals surface area contributed by atoms with E-state index in [0.29, 0.717) is 24.3 Å². The number of carbonyl (C=O) groups is 1. The minimum Gasteiger partial charge on any atom is -0.508 e. The monoisotopic (exact) mass is 237 g/mol. The largest absolute Gasteiger partial charge is 0.508 e. The molecule has 0 unspecified atom stereocenters. The van der Waals surface area contributed by atoms with Crippen molar-refractivity contribution in [2.75, 3.05) is 18.8 Å². The maximum Gasteiger partial charge on any atom is 0.317 e. The van der Waals surface area contributed by atoms with E-state index in [4.69, 9.17) is 5.73 Å². The number of nitrogens with two attached hydrogens (primary N) is 1. The van der Waals surface area contributed by atoms with Crippen LogP contribution in [-0.4, -0.2) is 29.1 Å². The van der Waals surface area contributed by atoms with E-state index in [1.165, 1.54) is 6.07 Å². The summed E-state index contributed by atoms with van der Waals surface area (Å²) in [5.41, 5.74) is 6.79. The molecule has 2 amide bonds. The predicted molar refractivity (Wildman–Crippen MR) is 67.7 cm³/mol. The van der Waals surface area contributed by atoms with Gasteiger partial charge in [0.1, 0.15) is 5.75 Å². The molecule has 0 radical (unpaired) electrons. The number of amides is 2. The van der Waals surface area contributed by atoms with Gasteiger partial charge in [0.25, 0.3) is 0 Å². The van der Waals surface area contributed by atoms with Crippen molar-refractivity contribution in [2.24, 2.45) is 0 Å². The number of carbonyl (C=O) groups excluding carboxylic acids is 1. The minimum atomic E-state index is -0.142. The van der Waals surface area contributed by atoms with Crippen LogP contribution in [0.15, 0.2) is 18.2 Å². The summed E-state index contributed by atoms with van der Waals surface area (Å²) in [6.07, 6.45) is 0. The van der Waals surface area contributed by atoms with Gasteiger partial charge in [0.05, 0.1) is 0 Å². The van der Waals surface area contributed by atoms with E-state index < -0.39 is 0 Å². The molecule has 4 N–H and O–H groups in total. The Hall–Kier alpha value is -1.91. The van der Waals surface area contributed by atoms with Gasteiger partial charge < -0.3 is 21.1 Å². The number of aromatic hydroxyl groups is 1. The second kappa shape index (κ2) is 5.98. The van der Waals surface area contributed by atoms with Crippen molar-refractivity contribution in [1.82, 2.24) is 10.2 Å². The molecule has 5 heteroatoms. The van der Waals surface area contributed by atoms with Crippen LogP contribution in [0.1, 0.15) is 19.4 Å². The molecular formula is C12H19N3O2. The highest BCUT2D eigenvalue weighted by Crippen LogP contribution is 2.19. The highest BCUT2D eigenvalue weighted by Gasteiger charge is 2.09. The van der Waals surface area contributed by atoms with Crippen LogP contribution in [0, 0.1) is 0 Å². The van der Waals surface area contributed by atoms with E-state index in [9.17, 15) is 9.90 Å². The van der Waals surface area contributed by atoms with Crippen molar-refractivity contribution in [1.29, 1.82) is 0 Å². The summed E-state index contributed by atoms with van der Waals surface area (Å²) in [6, 6.07) is 4.65. The lowest BCUT2D eigenvalue weighted by molar-refractivity contribution is 0.203. The first kappa shape index (κ1) is 13.2. The van der Waals surface area contributed by atoms with Gasteiger partial charge in [-0.1, -0.05) is 0 Å². The zero-order valence-electron chi connectivity index (χ0n) is 10.2. The normalized spacial score (nSPS) is 10.0. The quantitative estimate of drug-likeness (QED) is 0.549. The van der Waals surface area contributed by atoms with Gasteiger partial charge in [-0.2, -0.15) is 0 Å². The van der Waals surface area contributed by atoms with E-state index in [0.717, 1.165) is 0 Å². The Morgan fingerprint density at radius 1 is 1.41 bits per heavy atom. The third-order valence-electron chi connectivity index (χ3n) is 2.58. The van der Waals surface area contributed by atoms with Crippen LogP contribution in [0.5, 0.6) is 5.75 Å². The first-order valence-corrected chi connectivity index (χ1v) is 5.68. The molecule has 17 heavy (non-hydrogen) atoms. The van der Waals surface area contributed by atoms with E-state index in [1.807, 2.05) is 13.8 Å². The number of nitrogens with one attached hydrogen (secondary N) is 1. The van der Waals surface area contributed by atoms with Gasteiger partial charge in [0.2, 0.25) is 0 Å². The topological polar surface area (TPSA) is 78.6 Å². The lowest BCUT2D eigenvalue weighted by Crippen LogP contribution is -2.39. The van der Waals surface area contributed by atoms with Gasteiger partial charge in [0, 0.05) is 30.9 Å². The van der Waals surface area contributed by atoms with Crippen LogP contribution in [0.25, 0.3) is 0 Å². The molecule has 5 nitrogen and oxygen atoms in total. The molecule has 0 aliphatic carbocycles. The molecule has 0 aliphatic rings. The van der Waals surface area contributed by atoms with Crippen LogP contribution in [0.2, 0.25) is 0 Å². The zero-order valence-corrected chi connectivity index (χ0v) is 10.2. The Morgan fingerprint density at radius 2 is 2.06 bits per heavy atom. The van der Waals surface area contributed by atoms with Gasteiger partial charge in [-0.25, -0.2) is 4.79 Å². The van der Waals surface area contributed by atoms with Crippen LogP contribution in [-0.2, 0) is 6.54 Å². The summed E-state index contributed by atoms with van der Waals surface area (Å²) in [5, 5.41) is 12.3. The molecule has 0 atom stereocenters. The Kier molecular flexibility index (Phi) is 4.63. The Bertz CT molecular complexity index is 389. The number of phenols is 1. The standard InChI is InChI=1S/C12H19N3O2/c1-3-15(4-2)12(17)14-8-9-7-10(13)5-6-11(9)16/h5-7,16H,3-4,8,13H2,1-2H3,(H,14,17). The molecule has 94 valence electrons. The Labute approximate surface area is 101 Å². The van der Waals surface area contributed by atoms with Crippen LogP contribution in [0.4, 0.5) is 10.5 Å². The summed E-state index contributed by atoms with van der Waals surface area (Å²) in [7, 11) is 0. The van der Waals surface area contributed by atoms with Crippen molar-refractivity contribution < 1.29 is 9.90 Å². The lowest BCUT2D eigenvalue weighted by atomic mass is 10.2. The third-order valence-corrected chi connectivity index (χ3v) is 2.58. The molecule has 0 aromatic heterocycles. The molecule has 0 saturated heterocycles. The number of hydrogen-bond donors (Lipinski definition) is 3. The van der Waals surface area contributed by atoms with E-state index in [2.05, 4.69) is 5.32 Å². The molecule has 0 aliphatic heterocycles. The molecule has 0 heterocycles. The van der Waals surface area contributed by atoms with Crippen LogP contribution < -0.4 is 11.1 Å². The highest BCUT2D eigenvalue weighted by molar-refractivity contribution is 5.74. The lowest BCUT2D eigenvalue weighted by Gasteiger charge is -2.19. The molecule has 0 saturated carbocycles. The molecule has 1 aromatic carbocycles. The number of phenolic OH excluding ortho intramolecular Hbond substituents is 1. The van der Waals surface area contributed by atoms with E-state index >= 15 is 0 Å². The molecular weight excluding hydrogens is 218 g/mol. The predicted octanol–water partition coefficient (Wildman–Crippen LogP) is 1.53. The Morgan fingerprint density at radius 3 is 2.65 bits per heavy atom. The SMILES string of the molecule is CCN(CC)C(=O)NCc1cc(N)ccc1O. The maximum atomic E-state index is 11.7. The van der Waals surface area contributed by atoms with Crippen LogP contribution >= 0.6 is 0 Å². The third kappa shape index (κ3) is 3.55. The number of urea groups is 1. The molecule has 1 aromatic rings. The summed E-state index contributed by atoms with van der Waals surface area (Å²) in [6.45, 7) is 5.42. The van der Waals surface area contributed by atoms with Gasteiger partial charge in [-0.05, 0) is 32.0 Å². The van der Waals surface area contributed by atoms with Gasteiger partial charge in [-0.3, -0.25) is 0 Å². The minimum absolute atomic E-state index is 0.138. The first-order chi connectivity index (χ1) is 8.08. The summed E-state index contributed by atoms with van der Waals surface area (Å²) in [4.78, 5) is 13.3. The van der Waals surface area contributed by atoms with E-state index in [-0.39, 0.29) is 18.3 Å². The van der Waals surface area contributed by atoms with Crippen molar-refractivity contribution in [3.05, 3.63) is 23.8 Å². The van der Waals surface area contributed by atoms with Gasteiger partial charge in [-0.15, -0.1) is 0 Å². The van der Waals surface area contributed by atoms with Crippen molar-refractivity contribution >= 4 is 11.7 Å². The molecule has 0 fully saturated rings. The summed E-state index contributed by atoms with van der Waals surface area (Å²) in [5.74, 6) is 0.138. The fourth-order valence-electron chi connectivity index (χ4n) is 1.54. The fraction of sp³-hybridized carbons (Fsp3) is 0.417. The van der Waals surface area contributed by atoms with Gasteiger partial charge in [0.15, 0.2) is 0 Å². The molecule has 0 bridgehead atoms. The van der Waals surface area contributed by atoms with Crippen LogP contribution in [0.3, 0.4) is 0 Å². The van der Waals surface area contributed by atoms with Crippen molar-refractivity contribution in [3.8, 4) is 5.75 Å². The fourth-order valence-corrected chi connectivity index (χ4v) is 1.54. The second-order valence-corrected chi connectivity index (χ2v) is 3.72. The number of benzene rings is 1. The first-order valence-electron chi connectivity index (χ1n) is 5.68. The number of hydrogen-bond acceptors (Lipinski definition) is 3. The number of rotatable bonds is 4. The smallest absolute Gasteiger partial charge is 0.317 e. The maximum absolute atomic E-state index is 11.7. The summed E-state index contributed by atoms with van der Waals surface area (Å²) < 4.78 is 0. The Balaban J connectivity index is 2.61. The average Bonchev–Trinajstić information content (AvgIpc) is 2.32. The number of anilines is 1. The molecule has 1 rings (SSSR count). The summed E-state index contributed by atoms with van der Waals surface area (Å²) >= 11 is 0. The second-order valence-electron chi connectivity index (χ2n) is 3.72. The van der Waals surface area contributed by atoms with Gasteiger partial charge >= 0.3 is 6.03 Å². The number of nitrogens with zero attached hydrogens (tertiary/aromatic N) is 1. The zero-order chi connectivity index (χ0) is 12.8. The molecule has 0 spiro atoms. The van der Waals surface area contributed by atoms with E-state index in [1.54, 1.807) is 17.0 Å². The van der Waals surface area contributed by atoms with Crippen molar-refractivity contribution in [2.45, 2.75) is 20.4 Å². The average molecular weight is 237 g/mol.